The van der Waals surface area contributed by atoms with Gasteiger partial charge in [-0.1, -0.05) is 5.16 Å². The van der Waals surface area contributed by atoms with Gasteiger partial charge >= 0.3 is 6.03 Å². The topological polar surface area (TPSA) is 85.6 Å². The minimum absolute atomic E-state index is 0.00990. The Kier molecular flexibility index (Phi) is 5.68. The van der Waals surface area contributed by atoms with E-state index in [0.29, 0.717) is 29.5 Å². The molecule has 7 nitrogen and oxygen atoms in total. The van der Waals surface area contributed by atoms with Crippen molar-refractivity contribution in [2.45, 2.75) is 40.3 Å². The highest BCUT2D eigenvalue weighted by Gasteiger charge is 2.13. The summed E-state index contributed by atoms with van der Waals surface area (Å²) >= 11 is 0. The first kappa shape index (κ1) is 17.7. The number of aryl methyl sites for hydroxylation is 2. The van der Waals surface area contributed by atoms with Crippen molar-refractivity contribution in [2.75, 3.05) is 12.4 Å². The first-order valence-corrected chi connectivity index (χ1v) is 7.72. The van der Waals surface area contributed by atoms with Gasteiger partial charge < -0.3 is 24.6 Å². The number of carbonyl (C=O) groups is 1. The van der Waals surface area contributed by atoms with Gasteiger partial charge in [0.15, 0.2) is 0 Å². The maximum atomic E-state index is 12.2. The number of amides is 2. The lowest BCUT2D eigenvalue weighted by Crippen LogP contribution is -2.29. The summed E-state index contributed by atoms with van der Waals surface area (Å²) in [4.78, 5) is 12.2. The Morgan fingerprint density at radius 2 is 2.08 bits per heavy atom. The summed E-state index contributed by atoms with van der Waals surface area (Å²) in [5, 5.41) is 9.44. The number of nitrogens with one attached hydrogen (secondary N) is 2. The maximum Gasteiger partial charge on any atom is 0.319 e. The van der Waals surface area contributed by atoms with Gasteiger partial charge in [0.05, 0.1) is 24.6 Å². The third-order valence-electron chi connectivity index (χ3n) is 3.40. The summed E-state index contributed by atoms with van der Waals surface area (Å²) in [7, 11) is 1.57. The predicted molar refractivity (Wildman–Crippen MR) is 90.6 cm³/mol. The summed E-state index contributed by atoms with van der Waals surface area (Å²) in [6.45, 7) is 7.82. The van der Waals surface area contributed by atoms with E-state index < -0.39 is 0 Å². The van der Waals surface area contributed by atoms with Gasteiger partial charge in [-0.2, -0.15) is 0 Å². The molecule has 7 heteroatoms. The summed E-state index contributed by atoms with van der Waals surface area (Å²) in [6, 6.07) is 4.91. The normalized spacial score (nSPS) is 10.6. The molecular formula is C17H23N3O4. The predicted octanol–water partition coefficient (Wildman–Crippen LogP) is 3.41. The van der Waals surface area contributed by atoms with Crippen molar-refractivity contribution < 1.29 is 18.8 Å². The van der Waals surface area contributed by atoms with Crippen LogP contribution in [-0.4, -0.2) is 24.4 Å². The molecule has 0 atom stereocenters. The fourth-order valence-electron chi connectivity index (χ4n) is 2.18. The molecule has 24 heavy (non-hydrogen) atoms. The number of rotatable bonds is 6. The number of ether oxygens (including phenoxy) is 2. The monoisotopic (exact) mass is 333 g/mol. The van der Waals surface area contributed by atoms with Crippen LogP contribution >= 0.6 is 0 Å². The van der Waals surface area contributed by atoms with Crippen molar-refractivity contribution in [3.8, 4) is 11.5 Å². The van der Waals surface area contributed by atoms with Crippen molar-refractivity contribution in [3.05, 3.63) is 35.2 Å². The molecule has 0 radical (unpaired) electrons. The molecule has 0 spiro atoms. The van der Waals surface area contributed by atoms with Crippen LogP contribution in [0.25, 0.3) is 0 Å². The average molecular weight is 333 g/mol. The molecular weight excluding hydrogens is 310 g/mol. The third-order valence-corrected chi connectivity index (χ3v) is 3.40. The minimum Gasteiger partial charge on any atom is -0.497 e. The summed E-state index contributed by atoms with van der Waals surface area (Å²) in [5.74, 6) is 1.91. The molecule has 0 bridgehead atoms. The quantitative estimate of drug-likeness (QED) is 0.846. The molecule has 2 N–H and O–H groups in total. The molecule has 2 rings (SSSR count). The van der Waals surface area contributed by atoms with Crippen LogP contribution in [0.4, 0.5) is 10.5 Å². The average Bonchev–Trinajstić information content (AvgIpc) is 2.85. The standard InChI is InChI=1S/C17H23N3O4/c1-10(2)23-16-7-6-13(22-5)8-15(16)19-17(21)18-9-14-11(3)20-24-12(14)4/h6-8,10H,9H2,1-5H3,(H2,18,19,21). The third kappa shape index (κ3) is 4.41. The fraction of sp³-hybridized carbons (Fsp3) is 0.412. The van der Waals surface area contributed by atoms with Crippen molar-refractivity contribution in [1.82, 2.24) is 10.5 Å². The Balaban J connectivity index is 2.07. The zero-order valence-corrected chi connectivity index (χ0v) is 14.6. The van der Waals surface area contributed by atoms with Gasteiger partial charge in [0, 0.05) is 18.2 Å². The number of benzene rings is 1. The highest BCUT2D eigenvalue weighted by atomic mass is 16.5. The van der Waals surface area contributed by atoms with Crippen molar-refractivity contribution in [3.63, 3.8) is 0 Å². The second-order valence-corrected chi connectivity index (χ2v) is 5.64. The van der Waals surface area contributed by atoms with E-state index >= 15 is 0 Å². The summed E-state index contributed by atoms with van der Waals surface area (Å²) in [6.07, 6.45) is -0.00990. The van der Waals surface area contributed by atoms with Gasteiger partial charge in [-0.15, -0.1) is 0 Å². The van der Waals surface area contributed by atoms with Gasteiger partial charge in [-0.25, -0.2) is 4.79 Å². The van der Waals surface area contributed by atoms with Crippen LogP contribution in [0.2, 0.25) is 0 Å². The van der Waals surface area contributed by atoms with Crippen molar-refractivity contribution in [1.29, 1.82) is 0 Å². The zero-order valence-electron chi connectivity index (χ0n) is 14.6. The first-order valence-electron chi connectivity index (χ1n) is 7.72. The molecule has 0 fully saturated rings. The molecule has 1 heterocycles. The second-order valence-electron chi connectivity index (χ2n) is 5.64. The van der Waals surface area contributed by atoms with Crippen LogP contribution in [0.5, 0.6) is 11.5 Å². The number of urea groups is 1. The van der Waals surface area contributed by atoms with Gasteiger partial charge in [0.25, 0.3) is 0 Å². The summed E-state index contributed by atoms with van der Waals surface area (Å²) < 4.78 is 16.0. The van der Waals surface area contributed by atoms with Crippen LogP contribution in [0.3, 0.4) is 0 Å². The van der Waals surface area contributed by atoms with Crippen LogP contribution in [-0.2, 0) is 6.54 Å². The van der Waals surface area contributed by atoms with E-state index in [1.54, 1.807) is 25.3 Å². The molecule has 130 valence electrons. The Hall–Kier alpha value is -2.70. The SMILES string of the molecule is COc1ccc(OC(C)C)c(NC(=O)NCc2c(C)noc2C)c1. The number of aromatic nitrogens is 1. The highest BCUT2D eigenvalue weighted by molar-refractivity contribution is 5.91. The number of hydrogen-bond donors (Lipinski definition) is 2. The van der Waals surface area contributed by atoms with Crippen LogP contribution in [0.1, 0.15) is 30.9 Å². The lowest BCUT2D eigenvalue weighted by atomic mass is 10.2. The largest absolute Gasteiger partial charge is 0.497 e. The lowest BCUT2D eigenvalue weighted by molar-refractivity contribution is 0.241. The van der Waals surface area contributed by atoms with Crippen LogP contribution < -0.4 is 20.1 Å². The van der Waals surface area contributed by atoms with Gasteiger partial charge in [0.1, 0.15) is 17.3 Å². The summed E-state index contributed by atoms with van der Waals surface area (Å²) in [5.41, 5.74) is 2.17. The Morgan fingerprint density at radius 3 is 2.67 bits per heavy atom. The van der Waals surface area contributed by atoms with E-state index in [0.717, 1.165) is 11.3 Å². The molecule has 0 unspecified atom stereocenters. The number of nitrogens with zero attached hydrogens (tertiary/aromatic N) is 1. The molecule has 0 aliphatic heterocycles. The van der Waals surface area contributed by atoms with Gasteiger partial charge in [0.2, 0.25) is 0 Å². The Labute approximate surface area is 141 Å². The van der Waals surface area contributed by atoms with E-state index in [1.807, 2.05) is 27.7 Å². The van der Waals surface area contributed by atoms with E-state index in [9.17, 15) is 4.79 Å². The second kappa shape index (κ2) is 7.72. The Morgan fingerprint density at radius 1 is 1.33 bits per heavy atom. The molecule has 1 aromatic heterocycles. The van der Waals surface area contributed by atoms with Crippen molar-refractivity contribution in [2.24, 2.45) is 0 Å². The Bertz CT molecular complexity index is 690. The fourth-order valence-corrected chi connectivity index (χ4v) is 2.18. The maximum absolute atomic E-state index is 12.2. The number of hydrogen-bond acceptors (Lipinski definition) is 5. The zero-order chi connectivity index (χ0) is 17.7. The molecule has 0 saturated carbocycles. The van der Waals surface area contributed by atoms with E-state index in [4.69, 9.17) is 14.0 Å². The number of methoxy groups -OCH3 is 1. The van der Waals surface area contributed by atoms with Gasteiger partial charge in [-0.05, 0) is 39.8 Å². The van der Waals surface area contributed by atoms with Crippen LogP contribution in [0, 0.1) is 13.8 Å². The van der Waals surface area contributed by atoms with E-state index in [1.165, 1.54) is 0 Å². The van der Waals surface area contributed by atoms with Crippen molar-refractivity contribution >= 4 is 11.7 Å². The first-order chi connectivity index (χ1) is 11.4. The molecule has 2 aromatic rings. The number of carbonyl (C=O) groups excluding carboxylic acids is 1. The van der Waals surface area contributed by atoms with E-state index in [-0.39, 0.29) is 12.1 Å². The van der Waals surface area contributed by atoms with E-state index in [2.05, 4.69) is 15.8 Å². The smallest absolute Gasteiger partial charge is 0.319 e. The molecule has 1 aromatic carbocycles. The minimum atomic E-state index is -0.350. The lowest BCUT2D eigenvalue weighted by Gasteiger charge is -2.16. The van der Waals surface area contributed by atoms with Crippen LogP contribution in [0.15, 0.2) is 22.7 Å². The molecule has 0 aliphatic rings. The highest BCUT2D eigenvalue weighted by Crippen LogP contribution is 2.30. The molecule has 0 aliphatic carbocycles. The molecule has 2 amide bonds. The molecule has 0 saturated heterocycles. The number of anilines is 1. The van der Waals surface area contributed by atoms with Gasteiger partial charge in [-0.3, -0.25) is 0 Å².